The Morgan fingerprint density at radius 1 is 1.25 bits per heavy atom. The Labute approximate surface area is 98.2 Å². The number of hydrogen-bond acceptors (Lipinski definition) is 2. The fraction of sp³-hybridized carbons (Fsp3) is 0.154. The van der Waals surface area contributed by atoms with Crippen molar-refractivity contribution in [3.63, 3.8) is 0 Å². The van der Waals surface area contributed by atoms with Gasteiger partial charge in [0.2, 0.25) is 0 Å². The molecule has 2 nitrogen and oxygen atoms in total. The van der Waals surface area contributed by atoms with Crippen molar-refractivity contribution in [1.29, 1.82) is 0 Å². The number of rotatable bonds is 3. The third kappa shape index (κ3) is 2.31. The molecule has 82 valence electrons. The Hall–Kier alpha value is -1.61. The first kappa shape index (κ1) is 10.9. The minimum atomic E-state index is -0.779. The minimum Gasteiger partial charge on any atom is -0.481 e. The monoisotopic (exact) mass is 232 g/mol. The Bertz CT molecular complexity index is 514. The summed E-state index contributed by atoms with van der Waals surface area (Å²) in [5.74, 6) is -0.779. The van der Waals surface area contributed by atoms with E-state index < -0.39 is 5.97 Å². The SMILES string of the molecule is Cc1ccccc1-c1ccc(CC(=O)O)s1. The molecule has 0 atom stereocenters. The zero-order valence-corrected chi connectivity index (χ0v) is 9.75. The Morgan fingerprint density at radius 2 is 2.00 bits per heavy atom. The van der Waals surface area contributed by atoms with E-state index in [2.05, 4.69) is 19.1 Å². The molecule has 1 N–H and O–H groups in total. The first-order valence-corrected chi connectivity index (χ1v) is 5.85. The van der Waals surface area contributed by atoms with Gasteiger partial charge in [-0.2, -0.15) is 0 Å². The lowest BCUT2D eigenvalue weighted by molar-refractivity contribution is -0.136. The molecule has 0 unspecified atom stereocenters. The molecule has 0 spiro atoms. The molecule has 1 heterocycles. The normalized spacial score (nSPS) is 10.3. The van der Waals surface area contributed by atoms with Gasteiger partial charge >= 0.3 is 5.97 Å². The average molecular weight is 232 g/mol. The maximum atomic E-state index is 10.6. The summed E-state index contributed by atoms with van der Waals surface area (Å²) in [6.07, 6.45) is 0.108. The zero-order valence-electron chi connectivity index (χ0n) is 8.93. The lowest BCUT2D eigenvalue weighted by atomic mass is 10.1. The molecule has 16 heavy (non-hydrogen) atoms. The van der Waals surface area contributed by atoms with Gasteiger partial charge in [-0.25, -0.2) is 0 Å². The molecule has 2 rings (SSSR count). The number of carboxylic acids is 1. The highest BCUT2D eigenvalue weighted by atomic mass is 32.1. The second-order valence-electron chi connectivity index (χ2n) is 3.65. The molecule has 0 amide bonds. The number of benzene rings is 1. The summed E-state index contributed by atoms with van der Waals surface area (Å²) in [5, 5.41) is 8.71. The second kappa shape index (κ2) is 4.49. The van der Waals surface area contributed by atoms with Crippen LogP contribution in [0.5, 0.6) is 0 Å². The van der Waals surface area contributed by atoms with Crippen LogP contribution >= 0.6 is 11.3 Å². The summed E-state index contributed by atoms with van der Waals surface area (Å²) < 4.78 is 0. The molecular formula is C13H12O2S. The van der Waals surface area contributed by atoms with E-state index in [1.165, 1.54) is 11.1 Å². The summed E-state index contributed by atoms with van der Waals surface area (Å²) in [4.78, 5) is 12.6. The van der Waals surface area contributed by atoms with Crippen LogP contribution in [-0.2, 0) is 11.2 Å². The van der Waals surface area contributed by atoms with Gasteiger partial charge in [0.15, 0.2) is 0 Å². The van der Waals surface area contributed by atoms with Gasteiger partial charge in [0.05, 0.1) is 6.42 Å². The standard InChI is InChI=1S/C13H12O2S/c1-9-4-2-3-5-11(9)12-7-6-10(16-12)8-13(14)15/h2-7H,8H2,1H3,(H,14,15). The van der Waals surface area contributed by atoms with Crippen LogP contribution in [0.1, 0.15) is 10.4 Å². The molecule has 0 aliphatic rings. The van der Waals surface area contributed by atoms with Gasteiger partial charge in [-0.05, 0) is 30.2 Å². The van der Waals surface area contributed by atoms with Crippen LogP contribution in [0, 0.1) is 6.92 Å². The molecule has 0 saturated heterocycles. The predicted octanol–water partition coefficient (Wildman–Crippen LogP) is 3.35. The fourth-order valence-electron chi connectivity index (χ4n) is 1.62. The van der Waals surface area contributed by atoms with Gasteiger partial charge in [0.25, 0.3) is 0 Å². The van der Waals surface area contributed by atoms with Crippen molar-refractivity contribution < 1.29 is 9.90 Å². The van der Waals surface area contributed by atoms with E-state index in [1.54, 1.807) is 11.3 Å². The van der Waals surface area contributed by atoms with Crippen molar-refractivity contribution >= 4 is 17.3 Å². The number of carboxylic acid groups (broad SMARTS) is 1. The summed E-state index contributed by atoms with van der Waals surface area (Å²) in [5.41, 5.74) is 2.40. The maximum absolute atomic E-state index is 10.6. The minimum absolute atomic E-state index is 0.108. The molecule has 0 bridgehead atoms. The Kier molecular flexibility index (Phi) is 3.06. The number of thiophene rings is 1. The van der Waals surface area contributed by atoms with Crippen LogP contribution in [0.15, 0.2) is 36.4 Å². The molecule has 3 heteroatoms. The lowest BCUT2D eigenvalue weighted by Crippen LogP contribution is -1.96. The highest BCUT2D eigenvalue weighted by Gasteiger charge is 2.07. The van der Waals surface area contributed by atoms with E-state index in [9.17, 15) is 4.79 Å². The van der Waals surface area contributed by atoms with Crippen molar-refractivity contribution in [2.45, 2.75) is 13.3 Å². The summed E-state index contributed by atoms with van der Waals surface area (Å²) >= 11 is 1.55. The van der Waals surface area contributed by atoms with Crippen molar-refractivity contribution in [2.75, 3.05) is 0 Å². The van der Waals surface area contributed by atoms with Gasteiger partial charge in [0.1, 0.15) is 0 Å². The molecule has 1 aromatic carbocycles. The van der Waals surface area contributed by atoms with Gasteiger partial charge in [0, 0.05) is 9.75 Å². The van der Waals surface area contributed by atoms with E-state index in [0.29, 0.717) is 0 Å². The van der Waals surface area contributed by atoms with Crippen molar-refractivity contribution in [2.24, 2.45) is 0 Å². The highest BCUT2D eigenvalue weighted by Crippen LogP contribution is 2.30. The average Bonchev–Trinajstić information content (AvgIpc) is 2.66. The number of carbonyl (C=O) groups is 1. The summed E-state index contributed by atoms with van der Waals surface area (Å²) in [6.45, 7) is 2.06. The summed E-state index contributed by atoms with van der Waals surface area (Å²) in [6, 6.07) is 12.0. The Balaban J connectivity index is 2.32. The largest absolute Gasteiger partial charge is 0.481 e. The highest BCUT2D eigenvalue weighted by molar-refractivity contribution is 7.15. The fourth-order valence-corrected chi connectivity index (χ4v) is 2.71. The topological polar surface area (TPSA) is 37.3 Å². The first-order chi connectivity index (χ1) is 7.66. The third-order valence-corrected chi connectivity index (χ3v) is 3.52. The second-order valence-corrected chi connectivity index (χ2v) is 4.82. The van der Waals surface area contributed by atoms with Crippen LogP contribution in [0.25, 0.3) is 10.4 Å². The number of hydrogen-bond donors (Lipinski definition) is 1. The van der Waals surface area contributed by atoms with Crippen LogP contribution in [0.2, 0.25) is 0 Å². The molecular weight excluding hydrogens is 220 g/mol. The summed E-state index contributed by atoms with van der Waals surface area (Å²) in [7, 11) is 0. The van der Waals surface area contributed by atoms with Crippen molar-refractivity contribution in [3.8, 4) is 10.4 Å². The molecule has 0 radical (unpaired) electrons. The van der Waals surface area contributed by atoms with E-state index in [-0.39, 0.29) is 6.42 Å². The third-order valence-electron chi connectivity index (χ3n) is 2.40. The van der Waals surface area contributed by atoms with Crippen LogP contribution in [-0.4, -0.2) is 11.1 Å². The van der Waals surface area contributed by atoms with Crippen LogP contribution < -0.4 is 0 Å². The van der Waals surface area contributed by atoms with Gasteiger partial charge in [-0.1, -0.05) is 24.3 Å². The molecule has 2 aromatic rings. The van der Waals surface area contributed by atoms with Crippen molar-refractivity contribution in [1.82, 2.24) is 0 Å². The molecule has 1 aromatic heterocycles. The number of aliphatic carboxylic acids is 1. The van der Waals surface area contributed by atoms with Crippen LogP contribution in [0.4, 0.5) is 0 Å². The quantitative estimate of drug-likeness (QED) is 0.881. The Morgan fingerprint density at radius 3 is 2.69 bits per heavy atom. The van der Waals surface area contributed by atoms with Gasteiger partial charge in [-0.3, -0.25) is 4.79 Å². The van der Waals surface area contributed by atoms with E-state index in [0.717, 1.165) is 9.75 Å². The molecule has 0 saturated carbocycles. The van der Waals surface area contributed by atoms with Crippen molar-refractivity contribution in [3.05, 3.63) is 46.8 Å². The van der Waals surface area contributed by atoms with E-state index >= 15 is 0 Å². The predicted molar refractivity (Wildman–Crippen MR) is 65.8 cm³/mol. The number of aryl methyl sites for hydroxylation is 1. The van der Waals surface area contributed by atoms with E-state index in [4.69, 9.17) is 5.11 Å². The molecule has 0 aliphatic heterocycles. The lowest BCUT2D eigenvalue weighted by Gasteiger charge is -2.01. The maximum Gasteiger partial charge on any atom is 0.308 e. The van der Waals surface area contributed by atoms with Crippen LogP contribution in [0.3, 0.4) is 0 Å². The smallest absolute Gasteiger partial charge is 0.308 e. The zero-order chi connectivity index (χ0) is 11.5. The first-order valence-electron chi connectivity index (χ1n) is 5.03. The van der Waals surface area contributed by atoms with Gasteiger partial charge < -0.3 is 5.11 Å². The molecule has 0 fully saturated rings. The van der Waals surface area contributed by atoms with E-state index in [1.807, 2.05) is 24.3 Å². The molecule has 0 aliphatic carbocycles. The van der Waals surface area contributed by atoms with Gasteiger partial charge in [-0.15, -0.1) is 11.3 Å².